The average Bonchev–Trinajstić information content (AvgIpc) is 3.02. The maximum absolute atomic E-state index is 12.7. The van der Waals surface area contributed by atoms with Gasteiger partial charge >= 0.3 is 0 Å². The van der Waals surface area contributed by atoms with Crippen molar-refractivity contribution in [2.45, 2.75) is 63.7 Å². The number of imide groups is 1. The molecule has 0 bridgehead atoms. The van der Waals surface area contributed by atoms with Crippen LogP contribution in [0.3, 0.4) is 0 Å². The highest BCUT2D eigenvalue weighted by Crippen LogP contribution is 2.29. The molecule has 150 valence electrons. The Morgan fingerprint density at radius 1 is 1.14 bits per heavy atom. The highest BCUT2D eigenvalue weighted by Gasteiger charge is 2.39. The van der Waals surface area contributed by atoms with Crippen molar-refractivity contribution in [3.05, 3.63) is 34.9 Å². The summed E-state index contributed by atoms with van der Waals surface area (Å²) in [4.78, 5) is 37.8. The first kappa shape index (κ1) is 19.1. The first-order valence-corrected chi connectivity index (χ1v) is 10.2. The zero-order chi connectivity index (χ0) is 19.7. The molecule has 28 heavy (non-hydrogen) atoms. The van der Waals surface area contributed by atoms with Gasteiger partial charge in [-0.15, -0.1) is 0 Å². The highest BCUT2D eigenvalue weighted by atomic mass is 16.3. The second kappa shape index (κ2) is 8.01. The van der Waals surface area contributed by atoms with Gasteiger partial charge in [-0.1, -0.05) is 25.0 Å². The highest BCUT2D eigenvalue weighted by molar-refractivity contribution is 6.05. The standard InChI is InChI=1S/C21H27N3O4/c25-12-14-3-1-2-4-17(14)22-10-13-5-6-16-15(9-13)11-24(21(16)28)18-7-8-19(26)23-20(18)27/h5-6,9,14,17-18,22,25H,1-4,7-8,10-12H2,(H,23,26,27)/t14-,17-,18?/m0/s1. The molecule has 2 aliphatic heterocycles. The van der Waals surface area contributed by atoms with E-state index in [4.69, 9.17) is 0 Å². The van der Waals surface area contributed by atoms with Gasteiger partial charge < -0.3 is 15.3 Å². The molecule has 2 fully saturated rings. The minimum atomic E-state index is -0.577. The molecule has 1 aliphatic carbocycles. The van der Waals surface area contributed by atoms with Gasteiger partial charge in [0.1, 0.15) is 6.04 Å². The topological polar surface area (TPSA) is 98.7 Å². The van der Waals surface area contributed by atoms with Gasteiger partial charge in [0.2, 0.25) is 11.8 Å². The summed E-state index contributed by atoms with van der Waals surface area (Å²) in [5.74, 6) is -0.487. The summed E-state index contributed by atoms with van der Waals surface area (Å²) in [6, 6.07) is 5.57. The van der Waals surface area contributed by atoms with E-state index in [1.807, 2.05) is 18.2 Å². The lowest BCUT2D eigenvalue weighted by Gasteiger charge is -2.31. The summed E-state index contributed by atoms with van der Waals surface area (Å²) in [7, 11) is 0. The number of aliphatic hydroxyl groups excluding tert-OH is 1. The van der Waals surface area contributed by atoms with Gasteiger partial charge in [-0.3, -0.25) is 19.7 Å². The predicted molar refractivity (Wildman–Crippen MR) is 102 cm³/mol. The number of hydrogen-bond acceptors (Lipinski definition) is 5. The van der Waals surface area contributed by atoms with Crippen molar-refractivity contribution in [3.8, 4) is 0 Å². The summed E-state index contributed by atoms with van der Waals surface area (Å²) in [6.07, 6.45) is 5.15. The summed E-state index contributed by atoms with van der Waals surface area (Å²) in [5, 5.41) is 15.5. The molecule has 1 saturated carbocycles. The fourth-order valence-electron chi connectivity index (χ4n) is 4.68. The van der Waals surface area contributed by atoms with Crippen molar-refractivity contribution < 1.29 is 19.5 Å². The molecule has 7 heteroatoms. The minimum Gasteiger partial charge on any atom is -0.396 e. The van der Waals surface area contributed by atoms with Crippen LogP contribution < -0.4 is 10.6 Å². The van der Waals surface area contributed by atoms with E-state index >= 15 is 0 Å². The van der Waals surface area contributed by atoms with Crippen LogP contribution in [0, 0.1) is 5.92 Å². The van der Waals surface area contributed by atoms with Gasteiger partial charge in [0.25, 0.3) is 5.91 Å². The Morgan fingerprint density at radius 2 is 1.96 bits per heavy atom. The van der Waals surface area contributed by atoms with Crippen LogP contribution in [0.5, 0.6) is 0 Å². The second-order valence-electron chi connectivity index (χ2n) is 8.11. The molecule has 3 atom stereocenters. The number of nitrogens with one attached hydrogen (secondary N) is 2. The van der Waals surface area contributed by atoms with Crippen LogP contribution in [-0.2, 0) is 22.7 Å². The second-order valence-corrected chi connectivity index (χ2v) is 8.11. The Bertz CT molecular complexity index is 794. The number of aliphatic hydroxyl groups is 1. The molecule has 4 rings (SSSR count). The third kappa shape index (κ3) is 3.69. The number of carbonyl (C=O) groups excluding carboxylic acids is 3. The van der Waals surface area contributed by atoms with Gasteiger partial charge in [-0.05, 0) is 42.4 Å². The molecule has 1 aromatic rings. The maximum atomic E-state index is 12.7. The monoisotopic (exact) mass is 385 g/mol. The van der Waals surface area contributed by atoms with Gasteiger partial charge in [0, 0.05) is 37.7 Å². The van der Waals surface area contributed by atoms with Crippen LogP contribution in [0.4, 0.5) is 0 Å². The fraction of sp³-hybridized carbons (Fsp3) is 0.571. The lowest BCUT2D eigenvalue weighted by atomic mass is 9.85. The van der Waals surface area contributed by atoms with Gasteiger partial charge in [-0.2, -0.15) is 0 Å². The lowest BCUT2D eigenvalue weighted by Crippen LogP contribution is -2.52. The Balaban J connectivity index is 1.42. The van der Waals surface area contributed by atoms with Crippen molar-refractivity contribution in [3.63, 3.8) is 0 Å². The summed E-state index contributed by atoms with van der Waals surface area (Å²) in [5.41, 5.74) is 2.66. The van der Waals surface area contributed by atoms with E-state index in [0.29, 0.717) is 37.0 Å². The Morgan fingerprint density at radius 3 is 2.75 bits per heavy atom. The van der Waals surface area contributed by atoms with Gasteiger partial charge in [0.05, 0.1) is 0 Å². The Kier molecular flexibility index (Phi) is 5.46. The molecule has 1 aromatic carbocycles. The molecule has 2 heterocycles. The normalized spacial score (nSPS) is 27.7. The molecule has 3 aliphatic rings. The van der Waals surface area contributed by atoms with E-state index in [0.717, 1.165) is 24.0 Å². The van der Waals surface area contributed by atoms with Gasteiger partial charge in [-0.25, -0.2) is 0 Å². The van der Waals surface area contributed by atoms with E-state index < -0.39 is 6.04 Å². The molecule has 0 aromatic heterocycles. The number of carbonyl (C=O) groups is 3. The molecule has 0 radical (unpaired) electrons. The third-order valence-corrected chi connectivity index (χ3v) is 6.30. The van der Waals surface area contributed by atoms with E-state index in [9.17, 15) is 19.5 Å². The molecular formula is C21H27N3O4. The zero-order valence-electron chi connectivity index (χ0n) is 15.9. The fourth-order valence-corrected chi connectivity index (χ4v) is 4.68. The van der Waals surface area contributed by atoms with E-state index in [2.05, 4.69) is 10.6 Å². The minimum absolute atomic E-state index is 0.142. The number of benzene rings is 1. The van der Waals surface area contributed by atoms with Crippen LogP contribution in [0.2, 0.25) is 0 Å². The average molecular weight is 385 g/mol. The van der Waals surface area contributed by atoms with Crippen molar-refractivity contribution >= 4 is 17.7 Å². The smallest absolute Gasteiger partial charge is 0.255 e. The first-order valence-electron chi connectivity index (χ1n) is 10.2. The molecule has 3 amide bonds. The van der Waals surface area contributed by atoms with Crippen LogP contribution in [0.1, 0.15) is 60.0 Å². The molecule has 1 unspecified atom stereocenters. The van der Waals surface area contributed by atoms with E-state index in [1.165, 1.54) is 12.8 Å². The molecular weight excluding hydrogens is 358 g/mol. The van der Waals surface area contributed by atoms with Crippen LogP contribution in [-0.4, -0.2) is 46.4 Å². The zero-order valence-corrected chi connectivity index (χ0v) is 15.9. The van der Waals surface area contributed by atoms with Gasteiger partial charge in [0.15, 0.2) is 0 Å². The lowest BCUT2D eigenvalue weighted by molar-refractivity contribution is -0.136. The molecule has 1 saturated heterocycles. The molecule has 3 N–H and O–H groups in total. The SMILES string of the molecule is O=C1CCC(N2Cc3cc(CN[C@H]4CCCC[C@H]4CO)ccc3C2=O)C(=O)N1. The van der Waals surface area contributed by atoms with Crippen LogP contribution in [0.25, 0.3) is 0 Å². The number of rotatable bonds is 5. The largest absolute Gasteiger partial charge is 0.396 e. The number of nitrogens with zero attached hydrogens (tertiary/aromatic N) is 1. The Hall–Kier alpha value is -2.25. The van der Waals surface area contributed by atoms with Crippen molar-refractivity contribution in [2.24, 2.45) is 5.92 Å². The molecule has 7 nitrogen and oxygen atoms in total. The van der Waals surface area contributed by atoms with Crippen molar-refractivity contribution in [1.82, 2.24) is 15.5 Å². The number of piperidine rings is 1. The van der Waals surface area contributed by atoms with Crippen LogP contribution in [0.15, 0.2) is 18.2 Å². The van der Waals surface area contributed by atoms with E-state index in [1.54, 1.807) is 4.90 Å². The van der Waals surface area contributed by atoms with Crippen molar-refractivity contribution in [1.29, 1.82) is 0 Å². The first-order chi connectivity index (χ1) is 13.6. The quantitative estimate of drug-likeness (QED) is 0.659. The number of hydrogen-bond donors (Lipinski definition) is 3. The predicted octanol–water partition coefficient (Wildman–Crippen LogP) is 1.09. The van der Waals surface area contributed by atoms with Crippen molar-refractivity contribution in [2.75, 3.05) is 6.61 Å². The third-order valence-electron chi connectivity index (χ3n) is 6.30. The molecule has 0 spiro atoms. The maximum Gasteiger partial charge on any atom is 0.255 e. The number of fused-ring (bicyclic) bond motifs is 1. The number of amides is 3. The summed E-state index contributed by atoms with van der Waals surface area (Å²) < 4.78 is 0. The Labute approximate surface area is 164 Å². The summed E-state index contributed by atoms with van der Waals surface area (Å²) in [6.45, 7) is 1.31. The van der Waals surface area contributed by atoms with E-state index in [-0.39, 0.29) is 30.7 Å². The van der Waals surface area contributed by atoms with Crippen LogP contribution >= 0.6 is 0 Å². The summed E-state index contributed by atoms with van der Waals surface area (Å²) >= 11 is 0.